The molecule has 1 atom stereocenters. The predicted octanol–water partition coefficient (Wildman–Crippen LogP) is 2.16. The van der Waals surface area contributed by atoms with Crippen LogP contribution in [0.2, 0.25) is 0 Å². The third-order valence-electron chi connectivity index (χ3n) is 6.68. The number of hydrogen-bond donors (Lipinski definition) is 3. The van der Waals surface area contributed by atoms with Crippen LogP contribution in [0.5, 0.6) is 0 Å². The Morgan fingerprint density at radius 1 is 1.15 bits per heavy atom. The lowest BCUT2D eigenvalue weighted by atomic mass is 9.76. The van der Waals surface area contributed by atoms with Crippen molar-refractivity contribution in [1.29, 1.82) is 10.5 Å². The Balaban J connectivity index is 1.71. The van der Waals surface area contributed by atoms with Crippen molar-refractivity contribution in [2.75, 3.05) is 19.8 Å². The van der Waals surface area contributed by atoms with E-state index in [0.29, 0.717) is 49.3 Å². The van der Waals surface area contributed by atoms with Gasteiger partial charge in [-0.25, -0.2) is 0 Å². The monoisotopic (exact) mass is 528 g/mol. The molecular formula is C29H33BN4O5. The number of rotatable bonds is 11. The van der Waals surface area contributed by atoms with E-state index in [2.05, 4.69) is 11.4 Å². The lowest BCUT2D eigenvalue weighted by Crippen LogP contribution is -2.47. The number of aryl methyl sites for hydroxylation is 1. The summed E-state index contributed by atoms with van der Waals surface area (Å²) in [5, 5.41) is 41.4. The molecule has 0 bridgehead atoms. The number of hydrogen-bond acceptors (Lipinski definition) is 7. The van der Waals surface area contributed by atoms with Crippen molar-refractivity contribution in [1.82, 2.24) is 10.2 Å². The third kappa shape index (κ3) is 8.80. The van der Waals surface area contributed by atoms with Crippen molar-refractivity contribution < 1.29 is 24.4 Å². The highest BCUT2D eigenvalue weighted by molar-refractivity contribution is 6.43. The van der Waals surface area contributed by atoms with Gasteiger partial charge in [0.05, 0.1) is 17.6 Å². The number of nitrogens with one attached hydrogen (secondary N) is 1. The number of carbonyl (C=O) groups is 2. The first kappa shape index (κ1) is 29.6. The van der Waals surface area contributed by atoms with Crippen molar-refractivity contribution in [3.05, 3.63) is 76.4 Å². The van der Waals surface area contributed by atoms with Gasteiger partial charge in [-0.3, -0.25) is 9.59 Å². The first-order valence-electron chi connectivity index (χ1n) is 13.1. The van der Waals surface area contributed by atoms with Gasteiger partial charge in [0.2, 0.25) is 5.91 Å². The van der Waals surface area contributed by atoms with Crippen LogP contribution in [0.1, 0.15) is 48.4 Å². The maximum Gasteiger partial charge on any atom is 0.475 e. The van der Waals surface area contributed by atoms with E-state index in [1.54, 1.807) is 23.1 Å². The van der Waals surface area contributed by atoms with Gasteiger partial charge in [-0.2, -0.15) is 10.5 Å². The molecule has 2 amide bonds. The zero-order chi connectivity index (χ0) is 28.2. The fraction of sp³-hybridized carbons (Fsp3) is 0.379. The Morgan fingerprint density at radius 3 is 2.49 bits per heavy atom. The highest BCUT2D eigenvalue weighted by Crippen LogP contribution is 2.20. The summed E-state index contributed by atoms with van der Waals surface area (Å²) in [6.07, 6.45) is 3.50. The van der Waals surface area contributed by atoms with Crippen LogP contribution in [-0.2, 0) is 27.2 Å². The van der Waals surface area contributed by atoms with Crippen molar-refractivity contribution >= 4 is 25.0 Å². The Bertz CT molecular complexity index is 1250. The Hall–Kier alpha value is -3.96. The summed E-state index contributed by atoms with van der Waals surface area (Å²) in [4.78, 5) is 27.5. The number of benzene rings is 2. The molecule has 10 heteroatoms. The van der Waals surface area contributed by atoms with Crippen LogP contribution >= 0.6 is 0 Å². The quantitative estimate of drug-likeness (QED) is 0.230. The molecule has 1 fully saturated rings. The Kier molecular flexibility index (Phi) is 11.3. The Morgan fingerprint density at radius 2 is 1.87 bits per heavy atom. The molecule has 0 aromatic heterocycles. The molecule has 0 spiro atoms. The molecule has 2 aromatic rings. The van der Waals surface area contributed by atoms with E-state index in [9.17, 15) is 30.2 Å². The van der Waals surface area contributed by atoms with Crippen LogP contribution in [0.15, 0.2) is 54.1 Å². The molecule has 39 heavy (non-hydrogen) atoms. The van der Waals surface area contributed by atoms with E-state index in [1.165, 1.54) is 6.08 Å². The minimum atomic E-state index is -1.72. The van der Waals surface area contributed by atoms with E-state index in [0.717, 1.165) is 5.56 Å². The van der Waals surface area contributed by atoms with Crippen LogP contribution in [0.25, 0.3) is 6.08 Å². The molecule has 3 N–H and O–H groups in total. The average Bonchev–Trinajstić information content (AvgIpc) is 2.95. The van der Waals surface area contributed by atoms with Gasteiger partial charge in [-0.1, -0.05) is 36.4 Å². The second-order valence-corrected chi connectivity index (χ2v) is 9.46. The molecule has 202 valence electrons. The molecule has 9 nitrogen and oxygen atoms in total. The highest BCUT2D eigenvalue weighted by atomic mass is 16.5. The standard InChI is InChI=1S/C29H33BN4O5/c1-2-34(26-10-12-39-13-11-26)29(36)25(20-32)17-23-14-22(15-24(16-23)19-31)8-9-28(35)33-27(30(37)38)18-21-6-4-3-5-7-21/h3-7,14-17,26-27,37-38H,2,8-13,18H2,1H3,(H,33,35). The van der Waals surface area contributed by atoms with E-state index in [1.807, 2.05) is 43.3 Å². The van der Waals surface area contributed by atoms with Gasteiger partial charge in [0.15, 0.2) is 0 Å². The topological polar surface area (TPSA) is 147 Å². The van der Waals surface area contributed by atoms with Crippen LogP contribution in [0.4, 0.5) is 0 Å². The van der Waals surface area contributed by atoms with Crippen molar-refractivity contribution in [3.63, 3.8) is 0 Å². The molecule has 0 aliphatic carbocycles. The van der Waals surface area contributed by atoms with Crippen molar-refractivity contribution in [2.24, 2.45) is 0 Å². The number of amides is 2. The lowest BCUT2D eigenvalue weighted by Gasteiger charge is -2.33. The first-order chi connectivity index (χ1) is 18.8. The summed E-state index contributed by atoms with van der Waals surface area (Å²) in [5.74, 6) is -1.60. The van der Waals surface area contributed by atoms with E-state index >= 15 is 0 Å². The number of ether oxygens (including phenoxy) is 1. The van der Waals surface area contributed by atoms with Gasteiger partial charge in [-0.05, 0) is 67.5 Å². The zero-order valence-corrected chi connectivity index (χ0v) is 22.0. The molecular weight excluding hydrogens is 495 g/mol. The molecule has 0 radical (unpaired) electrons. The summed E-state index contributed by atoms with van der Waals surface area (Å²) in [5.41, 5.74) is 2.37. The first-order valence-corrected chi connectivity index (χ1v) is 13.1. The van der Waals surface area contributed by atoms with Crippen LogP contribution in [-0.4, -0.2) is 65.6 Å². The number of nitrogens with zero attached hydrogens (tertiary/aromatic N) is 3. The molecule has 1 aliphatic rings. The van der Waals surface area contributed by atoms with Gasteiger partial charge in [-0.15, -0.1) is 0 Å². The van der Waals surface area contributed by atoms with E-state index in [4.69, 9.17) is 4.74 Å². The molecule has 0 saturated carbocycles. The van der Waals surface area contributed by atoms with Crippen LogP contribution in [0.3, 0.4) is 0 Å². The smallest absolute Gasteiger partial charge is 0.426 e. The SMILES string of the molecule is CCN(C(=O)C(C#N)=Cc1cc(C#N)cc(CCC(=O)NC(Cc2ccccc2)B(O)O)c1)C1CCOCC1. The highest BCUT2D eigenvalue weighted by Gasteiger charge is 2.27. The maximum atomic E-state index is 13.2. The maximum absolute atomic E-state index is 13.2. The molecule has 1 unspecified atom stereocenters. The summed E-state index contributed by atoms with van der Waals surface area (Å²) in [7, 11) is -1.72. The molecule has 1 saturated heterocycles. The van der Waals surface area contributed by atoms with Gasteiger partial charge in [0, 0.05) is 32.2 Å². The molecule has 1 aliphatic heterocycles. The minimum absolute atomic E-state index is 0.00988. The fourth-order valence-electron chi connectivity index (χ4n) is 4.67. The second kappa shape index (κ2) is 14.8. The largest absolute Gasteiger partial charge is 0.475 e. The zero-order valence-electron chi connectivity index (χ0n) is 22.0. The number of likely N-dealkylation sites (N-methyl/N-ethyl adjacent to an activating group) is 1. The van der Waals surface area contributed by atoms with E-state index in [-0.39, 0.29) is 42.7 Å². The Labute approximate surface area is 229 Å². The fourth-order valence-corrected chi connectivity index (χ4v) is 4.67. The number of carbonyl (C=O) groups excluding carboxylic acids is 2. The summed E-state index contributed by atoms with van der Waals surface area (Å²) in [6, 6.07) is 18.3. The summed E-state index contributed by atoms with van der Waals surface area (Å²) < 4.78 is 5.39. The van der Waals surface area contributed by atoms with E-state index < -0.39 is 13.1 Å². The summed E-state index contributed by atoms with van der Waals surface area (Å²) >= 11 is 0. The molecule has 3 rings (SSSR count). The third-order valence-corrected chi connectivity index (χ3v) is 6.68. The van der Waals surface area contributed by atoms with Gasteiger partial charge >= 0.3 is 7.12 Å². The van der Waals surface area contributed by atoms with Crippen LogP contribution < -0.4 is 5.32 Å². The molecule has 1 heterocycles. The van der Waals surface area contributed by atoms with Gasteiger partial charge < -0.3 is 25.0 Å². The minimum Gasteiger partial charge on any atom is -0.426 e. The lowest BCUT2D eigenvalue weighted by molar-refractivity contribution is -0.130. The van der Waals surface area contributed by atoms with Crippen molar-refractivity contribution in [2.45, 2.75) is 51.0 Å². The van der Waals surface area contributed by atoms with Gasteiger partial charge in [0.25, 0.3) is 5.91 Å². The van der Waals surface area contributed by atoms with Gasteiger partial charge in [0.1, 0.15) is 11.6 Å². The number of nitriles is 2. The predicted molar refractivity (Wildman–Crippen MR) is 147 cm³/mol. The average molecular weight is 528 g/mol. The van der Waals surface area contributed by atoms with Crippen molar-refractivity contribution in [3.8, 4) is 12.1 Å². The van der Waals surface area contributed by atoms with Crippen LogP contribution in [0, 0.1) is 22.7 Å². The normalized spacial score (nSPS) is 14.5. The second-order valence-electron chi connectivity index (χ2n) is 9.46. The molecule has 2 aromatic carbocycles. The summed E-state index contributed by atoms with van der Waals surface area (Å²) in [6.45, 7) is 3.49.